The zero-order chi connectivity index (χ0) is 10.6. The fourth-order valence-electron chi connectivity index (χ4n) is 1.38. The van der Waals surface area contributed by atoms with Crippen LogP contribution in [0, 0.1) is 0 Å². The van der Waals surface area contributed by atoms with Crippen LogP contribution >= 0.6 is 23.6 Å². The highest BCUT2D eigenvalue weighted by molar-refractivity contribution is 7.94. The van der Waals surface area contributed by atoms with Crippen molar-refractivity contribution >= 4 is 23.6 Å². The Kier molecular flexibility index (Phi) is 4.79. The van der Waals surface area contributed by atoms with E-state index in [-0.39, 0.29) is 0 Å². The molecule has 1 aromatic carbocycles. The summed E-state index contributed by atoms with van der Waals surface area (Å²) < 4.78 is 8.79. The lowest BCUT2D eigenvalue weighted by Crippen LogP contribution is -1.82. The van der Waals surface area contributed by atoms with Crippen molar-refractivity contribution in [1.82, 2.24) is 0 Å². The molecule has 2 unspecified atom stereocenters. The Morgan fingerprint density at radius 1 is 1.43 bits per heavy atom. The smallest absolute Gasteiger partial charge is 0.0408 e. The first kappa shape index (κ1) is 11.9. The van der Waals surface area contributed by atoms with Crippen LogP contribution in [0.4, 0.5) is 0 Å². The third kappa shape index (κ3) is 2.91. The molecule has 0 saturated heterocycles. The Bertz CT molecular complexity index is 290. The van der Waals surface area contributed by atoms with Crippen LogP contribution in [-0.4, -0.2) is 9.80 Å². The first-order chi connectivity index (χ1) is 6.81. The van der Waals surface area contributed by atoms with Gasteiger partial charge >= 0.3 is 0 Å². The monoisotopic (exact) mass is 230 g/mol. The van der Waals surface area contributed by atoms with E-state index in [2.05, 4.69) is 6.07 Å². The lowest BCUT2D eigenvalue weighted by atomic mass is 10.1. The summed E-state index contributed by atoms with van der Waals surface area (Å²) in [6.45, 7) is 4.00. The van der Waals surface area contributed by atoms with Gasteiger partial charge in [0.25, 0.3) is 0 Å². The summed E-state index contributed by atoms with van der Waals surface area (Å²) in [6, 6.07) is 7.86. The fourth-order valence-corrected chi connectivity index (χ4v) is 2.17. The molecule has 0 radical (unpaired) electrons. The summed E-state index contributed by atoms with van der Waals surface area (Å²) in [5.41, 5.74) is 1.24. The van der Waals surface area contributed by atoms with Crippen molar-refractivity contribution in [2.45, 2.75) is 31.4 Å². The van der Waals surface area contributed by atoms with Gasteiger partial charge in [0.05, 0.1) is 0 Å². The molecule has 1 fully saturated rings. The highest BCUT2D eigenvalue weighted by atomic mass is 35.5. The topological polar surface area (TPSA) is 20.2 Å². The highest BCUT2D eigenvalue weighted by Gasteiger charge is 2.38. The quantitative estimate of drug-likeness (QED) is 0.759. The molecule has 0 amide bonds. The number of hydrogen-bond acceptors (Lipinski definition) is 2. The first-order valence-electron chi connectivity index (χ1n) is 4.87. The maximum atomic E-state index is 8.79. The standard InChI is InChI=1S/C9H9ClOS.C2H6/c10-7-3-1-2-6(4-7)8-5-9(8)12-11;1-2/h1-4,8-9,11H,5H2;1-2H3. The molecule has 0 spiro atoms. The minimum absolute atomic E-state index is 0.392. The molecule has 1 aromatic rings. The van der Waals surface area contributed by atoms with E-state index in [0.29, 0.717) is 11.2 Å². The lowest BCUT2D eigenvalue weighted by Gasteiger charge is -1.98. The minimum Gasteiger partial charge on any atom is -0.330 e. The molecule has 0 aliphatic heterocycles. The minimum atomic E-state index is 0.392. The van der Waals surface area contributed by atoms with Crippen molar-refractivity contribution in [2.24, 2.45) is 0 Å². The Balaban J connectivity index is 0.000000461. The van der Waals surface area contributed by atoms with Crippen molar-refractivity contribution in [3.05, 3.63) is 34.9 Å². The summed E-state index contributed by atoms with van der Waals surface area (Å²) in [5, 5.41) is 1.17. The first-order valence-corrected chi connectivity index (χ1v) is 6.08. The van der Waals surface area contributed by atoms with E-state index in [4.69, 9.17) is 16.2 Å². The van der Waals surface area contributed by atoms with E-state index in [1.165, 1.54) is 5.56 Å². The second-order valence-corrected chi connectivity index (χ2v) is 4.29. The van der Waals surface area contributed by atoms with E-state index in [9.17, 15) is 0 Å². The molecular weight excluding hydrogens is 216 g/mol. The van der Waals surface area contributed by atoms with E-state index < -0.39 is 0 Å². The molecule has 1 nitrogen and oxygen atoms in total. The maximum Gasteiger partial charge on any atom is 0.0408 e. The van der Waals surface area contributed by atoms with E-state index in [1.807, 2.05) is 32.0 Å². The van der Waals surface area contributed by atoms with Crippen LogP contribution < -0.4 is 0 Å². The van der Waals surface area contributed by atoms with Gasteiger partial charge in [0.15, 0.2) is 0 Å². The van der Waals surface area contributed by atoms with Gasteiger partial charge in [-0.15, -0.1) is 0 Å². The van der Waals surface area contributed by atoms with Crippen LogP contribution in [0.15, 0.2) is 24.3 Å². The maximum absolute atomic E-state index is 8.79. The van der Waals surface area contributed by atoms with Crippen LogP contribution in [0.1, 0.15) is 31.7 Å². The van der Waals surface area contributed by atoms with Crippen molar-refractivity contribution in [3.8, 4) is 0 Å². The summed E-state index contributed by atoms with van der Waals surface area (Å²) in [7, 11) is 0. The van der Waals surface area contributed by atoms with Gasteiger partial charge in [0.1, 0.15) is 0 Å². The molecule has 78 valence electrons. The largest absolute Gasteiger partial charge is 0.330 e. The van der Waals surface area contributed by atoms with Crippen LogP contribution in [0.25, 0.3) is 0 Å². The lowest BCUT2D eigenvalue weighted by molar-refractivity contribution is 0.662. The van der Waals surface area contributed by atoms with Crippen molar-refractivity contribution in [3.63, 3.8) is 0 Å². The average molecular weight is 231 g/mol. The molecule has 2 atom stereocenters. The Morgan fingerprint density at radius 3 is 2.64 bits per heavy atom. The Hall–Kier alpha value is -0.180. The van der Waals surface area contributed by atoms with E-state index in [0.717, 1.165) is 23.5 Å². The predicted octanol–water partition coefficient (Wildman–Crippen LogP) is 4.43. The number of hydrogen-bond donors (Lipinski definition) is 1. The summed E-state index contributed by atoms with van der Waals surface area (Å²) in [5.74, 6) is 0.513. The molecule has 0 bridgehead atoms. The van der Waals surface area contributed by atoms with Gasteiger partial charge in [-0.2, -0.15) is 0 Å². The molecule has 2 rings (SSSR count). The molecular formula is C11H15ClOS. The average Bonchev–Trinajstić information content (AvgIpc) is 3.00. The van der Waals surface area contributed by atoms with Crippen LogP contribution in [0.3, 0.4) is 0 Å². The third-order valence-electron chi connectivity index (χ3n) is 2.14. The van der Waals surface area contributed by atoms with Crippen LogP contribution in [0.5, 0.6) is 0 Å². The number of benzene rings is 1. The van der Waals surface area contributed by atoms with Gasteiger partial charge in [0, 0.05) is 10.3 Å². The molecule has 0 heterocycles. The zero-order valence-corrected chi connectivity index (χ0v) is 9.98. The molecule has 1 saturated carbocycles. The summed E-state index contributed by atoms with van der Waals surface area (Å²) in [6.07, 6.45) is 1.07. The second kappa shape index (κ2) is 5.64. The highest BCUT2D eigenvalue weighted by Crippen LogP contribution is 2.48. The molecule has 1 aliphatic rings. The fraction of sp³-hybridized carbons (Fsp3) is 0.455. The Labute approximate surface area is 94.7 Å². The van der Waals surface area contributed by atoms with Gasteiger partial charge in [-0.25, -0.2) is 0 Å². The molecule has 14 heavy (non-hydrogen) atoms. The third-order valence-corrected chi connectivity index (χ3v) is 3.17. The number of rotatable bonds is 2. The zero-order valence-electron chi connectivity index (χ0n) is 8.40. The SMILES string of the molecule is CC.OSC1CC1c1cccc(Cl)c1. The van der Waals surface area contributed by atoms with Gasteiger partial charge in [-0.05, 0) is 42.1 Å². The Morgan fingerprint density at radius 2 is 2.14 bits per heavy atom. The van der Waals surface area contributed by atoms with Crippen molar-refractivity contribution in [1.29, 1.82) is 0 Å². The molecule has 1 N–H and O–H groups in total. The molecule has 3 heteroatoms. The van der Waals surface area contributed by atoms with Gasteiger partial charge in [-0.1, -0.05) is 37.6 Å². The van der Waals surface area contributed by atoms with Gasteiger partial charge in [0.2, 0.25) is 0 Å². The van der Waals surface area contributed by atoms with E-state index in [1.54, 1.807) is 0 Å². The number of halogens is 1. The summed E-state index contributed by atoms with van der Waals surface area (Å²) in [4.78, 5) is 0. The normalized spacial score (nSPS) is 23.7. The van der Waals surface area contributed by atoms with Gasteiger partial charge < -0.3 is 4.55 Å². The van der Waals surface area contributed by atoms with Crippen LogP contribution in [0.2, 0.25) is 5.02 Å². The summed E-state index contributed by atoms with van der Waals surface area (Å²) >= 11 is 6.79. The van der Waals surface area contributed by atoms with Crippen molar-refractivity contribution in [2.75, 3.05) is 0 Å². The van der Waals surface area contributed by atoms with E-state index >= 15 is 0 Å². The molecule has 1 aliphatic carbocycles. The molecule has 0 aromatic heterocycles. The van der Waals surface area contributed by atoms with Crippen molar-refractivity contribution < 1.29 is 4.55 Å². The predicted molar refractivity (Wildman–Crippen MR) is 64.2 cm³/mol. The van der Waals surface area contributed by atoms with Gasteiger partial charge in [-0.3, -0.25) is 0 Å². The second-order valence-electron chi connectivity index (χ2n) is 3.04. The van der Waals surface area contributed by atoms with Crippen LogP contribution in [-0.2, 0) is 0 Å².